The first-order valence-electron chi connectivity index (χ1n) is 7.58. The number of nitrogens with zero attached hydrogens (tertiary/aromatic N) is 1. The SMILES string of the molecule is Cc1cc2c(OCC(=O)O)cccc2n1C(C)c1ccccc1.[H-].[Na+]. The summed E-state index contributed by atoms with van der Waals surface area (Å²) in [6, 6.07) is 18.3. The number of hydrogen-bond acceptors (Lipinski definition) is 2. The zero-order valence-electron chi connectivity index (χ0n) is 15.2. The van der Waals surface area contributed by atoms with Crippen LogP contribution in [0.25, 0.3) is 10.9 Å². The number of benzene rings is 2. The number of ether oxygens (including phenoxy) is 1. The predicted molar refractivity (Wildman–Crippen MR) is 91.2 cm³/mol. The number of aryl methyl sites for hydroxylation is 1. The maximum absolute atomic E-state index is 10.7. The molecule has 5 heteroatoms. The molecule has 0 aliphatic heterocycles. The molecule has 4 nitrogen and oxygen atoms in total. The number of hydrogen-bond donors (Lipinski definition) is 1. The number of carboxylic acid groups (broad SMARTS) is 1. The topological polar surface area (TPSA) is 51.5 Å². The molecule has 3 rings (SSSR count). The van der Waals surface area contributed by atoms with Crippen LogP contribution >= 0.6 is 0 Å². The molecule has 0 bridgehead atoms. The van der Waals surface area contributed by atoms with E-state index < -0.39 is 5.97 Å². The van der Waals surface area contributed by atoms with Crippen LogP contribution in [0.2, 0.25) is 0 Å². The number of rotatable bonds is 5. The van der Waals surface area contributed by atoms with Gasteiger partial charge in [-0.25, -0.2) is 4.79 Å². The number of aliphatic carboxylic acids is 1. The van der Waals surface area contributed by atoms with Crippen molar-refractivity contribution in [2.45, 2.75) is 19.9 Å². The van der Waals surface area contributed by atoms with Gasteiger partial charge in [-0.1, -0.05) is 36.4 Å². The Morgan fingerprint density at radius 3 is 2.58 bits per heavy atom. The van der Waals surface area contributed by atoms with Crippen molar-refractivity contribution >= 4 is 16.9 Å². The van der Waals surface area contributed by atoms with Crippen molar-refractivity contribution in [1.29, 1.82) is 0 Å². The van der Waals surface area contributed by atoms with Crippen LogP contribution in [0.4, 0.5) is 0 Å². The van der Waals surface area contributed by atoms with Gasteiger partial charge in [0.25, 0.3) is 0 Å². The molecule has 1 atom stereocenters. The summed E-state index contributed by atoms with van der Waals surface area (Å²) >= 11 is 0. The summed E-state index contributed by atoms with van der Waals surface area (Å²) in [6.45, 7) is 3.88. The monoisotopic (exact) mass is 333 g/mol. The molecule has 0 aliphatic rings. The minimum atomic E-state index is -0.976. The second-order valence-corrected chi connectivity index (χ2v) is 5.61. The summed E-state index contributed by atoms with van der Waals surface area (Å²) in [5.41, 5.74) is 3.38. The molecule has 1 heterocycles. The smallest absolute Gasteiger partial charge is 1.00 e. The van der Waals surface area contributed by atoms with Crippen molar-refractivity contribution in [2.75, 3.05) is 6.61 Å². The molecule has 1 N–H and O–H groups in total. The molecule has 1 aromatic heterocycles. The maximum atomic E-state index is 10.7. The zero-order valence-corrected chi connectivity index (χ0v) is 16.2. The van der Waals surface area contributed by atoms with E-state index in [9.17, 15) is 4.79 Å². The van der Waals surface area contributed by atoms with Crippen LogP contribution in [0.1, 0.15) is 25.6 Å². The van der Waals surface area contributed by atoms with Crippen LogP contribution in [0.3, 0.4) is 0 Å². The Morgan fingerprint density at radius 1 is 1.21 bits per heavy atom. The summed E-state index contributed by atoms with van der Waals surface area (Å²) in [6.07, 6.45) is 0. The normalized spacial score (nSPS) is 11.8. The van der Waals surface area contributed by atoms with Gasteiger partial charge >= 0.3 is 35.5 Å². The average Bonchev–Trinajstić information content (AvgIpc) is 2.89. The largest absolute Gasteiger partial charge is 1.00 e. The molecular formula is C19H20NNaO3. The Bertz CT molecular complexity index is 849. The Hall–Kier alpha value is -1.75. The number of fused-ring (bicyclic) bond motifs is 1. The molecule has 0 saturated carbocycles. The third-order valence-corrected chi connectivity index (χ3v) is 4.06. The summed E-state index contributed by atoms with van der Waals surface area (Å²) in [4.78, 5) is 10.7. The molecule has 0 saturated heterocycles. The van der Waals surface area contributed by atoms with Gasteiger partial charge in [-0.15, -0.1) is 0 Å². The van der Waals surface area contributed by atoms with E-state index in [4.69, 9.17) is 9.84 Å². The Balaban J connectivity index is 0.00000156. The predicted octanol–water partition coefficient (Wildman–Crippen LogP) is 1.14. The first-order chi connectivity index (χ1) is 11.1. The molecule has 0 radical (unpaired) electrons. The molecule has 0 spiro atoms. The summed E-state index contributed by atoms with van der Waals surface area (Å²) < 4.78 is 7.67. The van der Waals surface area contributed by atoms with Gasteiger partial charge in [0.05, 0.1) is 11.6 Å². The number of carboxylic acids is 1. The van der Waals surface area contributed by atoms with Crippen LogP contribution < -0.4 is 34.3 Å². The van der Waals surface area contributed by atoms with Crippen molar-refractivity contribution in [2.24, 2.45) is 0 Å². The van der Waals surface area contributed by atoms with Gasteiger partial charge < -0.3 is 15.8 Å². The van der Waals surface area contributed by atoms with E-state index in [0.29, 0.717) is 5.75 Å². The quantitative estimate of drug-likeness (QED) is 0.713. The summed E-state index contributed by atoms with van der Waals surface area (Å²) in [5, 5.41) is 9.75. The van der Waals surface area contributed by atoms with Crippen molar-refractivity contribution in [3.8, 4) is 5.75 Å². The van der Waals surface area contributed by atoms with E-state index in [1.807, 2.05) is 42.5 Å². The van der Waals surface area contributed by atoms with Crippen molar-refractivity contribution < 1.29 is 45.6 Å². The number of aromatic nitrogens is 1. The standard InChI is InChI=1S/C19H19NO3.Na.H/c1-13-11-16-17(9-6-10-18(16)23-12-19(21)22)20(13)14(2)15-7-4-3-5-8-15;;/h3-11,14H,12H2,1-2H3,(H,21,22);;/q;+1;-1. The Kier molecular flexibility index (Phi) is 6.10. The maximum Gasteiger partial charge on any atom is 1.00 e. The third-order valence-electron chi connectivity index (χ3n) is 4.06. The fourth-order valence-electron chi connectivity index (χ4n) is 3.02. The summed E-state index contributed by atoms with van der Waals surface area (Å²) in [5.74, 6) is -0.372. The van der Waals surface area contributed by atoms with E-state index >= 15 is 0 Å². The van der Waals surface area contributed by atoms with Crippen molar-refractivity contribution in [1.82, 2.24) is 4.57 Å². The molecule has 0 amide bonds. The van der Waals surface area contributed by atoms with Gasteiger partial charge in [0.15, 0.2) is 6.61 Å². The molecule has 1 unspecified atom stereocenters. The Morgan fingerprint density at radius 2 is 1.92 bits per heavy atom. The van der Waals surface area contributed by atoms with Gasteiger partial charge in [-0.3, -0.25) is 0 Å². The van der Waals surface area contributed by atoms with E-state index in [2.05, 4.69) is 30.5 Å². The second kappa shape index (κ2) is 7.88. The molecule has 0 fully saturated rings. The van der Waals surface area contributed by atoms with Gasteiger partial charge in [0.2, 0.25) is 0 Å². The average molecular weight is 333 g/mol. The molecule has 3 aromatic rings. The fourth-order valence-corrected chi connectivity index (χ4v) is 3.02. The van der Waals surface area contributed by atoms with Crippen LogP contribution in [0, 0.1) is 6.92 Å². The van der Waals surface area contributed by atoms with E-state index in [-0.39, 0.29) is 43.6 Å². The van der Waals surface area contributed by atoms with Crippen LogP contribution in [0.15, 0.2) is 54.6 Å². The first kappa shape index (κ1) is 18.6. The van der Waals surface area contributed by atoms with Crippen molar-refractivity contribution in [3.63, 3.8) is 0 Å². The van der Waals surface area contributed by atoms with Gasteiger partial charge in [0.1, 0.15) is 5.75 Å². The zero-order chi connectivity index (χ0) is 16.4. The van der Waals surface area contributed by atoms with Crippen LogP contribution in [-0.4, -0.2) is 22.2 Å². The van der Waals surface area contributed by atoms with Crippen LogP contribution in [0.5, 0.6) is 5.75 Å². The van der Waals surface area contributed by atoms with E-state index in [1.165, 1.54) is 5.56 Å². The minimum Gasteiger partial charge on any atom is -1.00 e. The fraction of sp³-hybridized carbons (Fsp3) is 0.211. The molecular weight excluding hydrogens is 313 g/mol. The van der Waals surface area contributed by atoms with E-state index in [1.54, 1.807) is 0 Å². The van der Waals surface area contributed by atoms with E-state index in [0.717, 1.165) is 16.6 Å². The summed E-state index contributed by atoms with van der Waals surface area (Å²) in [7, 11) is 0. The van der Waals surface area contributed by atoms with Crippen LogP contribution in [-0.2, 0) is 4.79 Å². The molecule has 120 valence electrons. The van der Waals surface area contributed by atoms with Gasteiger partial charge in [-0.2, -0.15) is 0 Å². The van der Waals surface area contributed by atoms with Crippen molar-refractivity contribution in [3.05, 3.63) is 65.9 Å². The molecule has 0 aliphatic carbocycles. The molecule has 24 heavy (non-hydrogen) atoms. The van der Waals surface area contributed by atoms with Gasteiger partial charge in [0, 0.05) is 11.1 Å². The molecule has 2 aromatic carbocycles. The minimum absolute atomic E-state index is 0. The second-order valence-electron chi connectivity index (χ2n) is 5.61. The number of carbonyl (C=O) groups is 1. The Labute approximate surface area is 164 Å². The van der Waals surface area contributed by atoms with Gasteiger partial charge in [-0.05, 0) is 37.6 Å². The first-order valence-corrected chi connectivity index (χ1v) is 7.58. The third kappa shape index (κ3) is 3.66.